The highest BCUT2D eigenvalue weighted by Crippen LogP contribution is 2.28. The first-order chi connectivity index (χ1) is 6.02. The van der Waals surface area contributed by atoms with Gasteiger partial charge in [-0.05, 0) is 25.2 Å². The van der Waals surface area contributed by atoms with Crippen molar-refractivity contribution < 1.29 is 9.22 Å². The van der Waals surface area contributed by atoms with E-state index in [-0.39, 0.29) is 11.5 Å². The van der Waals surface area contributed by atoms with E-state index in [0.717, 1.165) is 0 Å². The van der Waals surface area contributed by atoms with Gasteiger partial charge in [-0.3, -0.25) is 4.79 Å². The van der Waals surface area contributed by atoms with Crippen LogP contribution in [0.15, 0.2) is 0 Å². The summed E-state index contributed by atoms with van der Waals surface area (Å²) in [5, 5.41) is 0. The summed E-state index contributed by atoms with van der Waals surface area (Å²) in [5.41, 5.74) is 0.271. The third-order valence-electron chi connectivity index (χ3n) is 2.06. The van der Waals surface area contributed by atoms with Crippen LogP contribution in [0.3, 0.4) is 0 Å². The van der Waals surface area contributed by atoms with Crippen LogP contribution >= 0.6 is 11.1 Å². The van der Waals surface area contributed by atoms with Crippen molar-refractivity contribution in [1.82, 2.24) is 0 Å². The molecule has 5 heteroatoms. The molecule has 2 nitrogen and oxygen atoms in total. The standard InChI is InChI=1S/C9H21ClO2Si2/c1-8(14(5,6)10)7-9(11)12-13(2,3)4/h8H,7H2,1-6H3. The molecule has 0 aliphatic heterocycles. The average Bonchev–Trinajstić information content (AvgIpc) is 1.79. The highest BCUT2D eigenvalue weighted by molar-refractivity contribution is 7.19. The Morgan fingerprint density at radius 1 is 1.29 bits per heavy atom. The summed E-state index contributed by atoms with van der Waals surface area (Å²) in [6.45, 7) is 12.2. The highest BCUT2D eigenvalue weighted by Gasteiger charge is 2.30. The van der Waals surface area contributed by atoms with Gasteiger partial charge in [-0.1, -0.05) is 20.0 Å². The van der Waals surface area contributed by atoms with Gasteiger partial charge in [-0.15, -0.1) is 0 Å². The molecule has 84 valence electrons. The summed E-state index contributed by atoms with van der Waals surface area (Å²) in [7, 11) is -3.44. The Hall–Kier alpha value is 0.194. The minimum Gasteiger partial charge on any atom is -0.520 e. The van der Waals surface area contributed by atoms with E-state index in [1.54, 1.807) is 0 Å². The molecule has 1 atom stereocenters. The predicted molar refractivity (Wildman–Crippen MR) is 66.8 cm³/mol. The van der Waals surface area contributed by atoms with Crippen LogP contribution in [0.25, 0.3) is 0 Å². The molecule has 0 saturated carbocycles. The van der Waals surface area contributed by atoms with E-state index in [1.807, 2.05) is 26.6 Å². The molecule has 0 aliphatic rings. The molecule has 0 saturated heterocycles. The molecule has 0 bridgehead atoms. The van der Waals surface area contributed by atoms with Crippen LogP contribution in [0.5, 0.6) is 0 Å². The molecular weight excluding hydrogens is 232 g/mol. The van der Waals surface area contributed by atoms with Crippen LogP contribution in [0.4, 0.5) is 0 Å². The third-order valence-corrected chi connectivity index (χ3v) is 6.57. The van der Waals surface area contributed by atoms with Crippen LogP contribution < -0.4 is 0 Å². The summed E-state index contributed by atoms with van der Waals surface area (Å²) in [6.07, 6.45) is 0.465. The second kappa shape index (κ2) is 4.81. The monoisotopic (exact) mass is 252 g/mol. The molecule has 0 aromatic rings. The van der Waals surface area contributed by atoms with Crippen molar-refractivity contribution in [3.63, 3.8) is 0 Å². The molecule has 0 aliphatic carbocycles. The lowest BCUT2D eigenvalue weighted by Crippen LogP contribution is -2.32. The lowest BCUT2D eigenvalue weighted by atomic mass is 10.3. The Labute approximate surface area is 93.8 Å². The van der Waals surface area contributed by atoms with Crippen LogP contribution in [-0.2, 0) is 9.22 Å². The SMILES string of the molecule is CC(CC(=O)O[Si](C)(C)C)[Si](C)(C)Cl. The maximum Gasteiger partial charge on any atom is 0.292 e. The number of halogens is 1. The van der Waals surface area contributed by atoms with Gasteiger partial charge in [0.2, 0.25) is 8.32 Å². The van der Waals surface area contributed by atoms with E-state index in [0.29, 0.717) is 6.42 Å². The van der Waals surface area contributed by atoms with Crippen LogP contribution in [0.1, 0.15) is 13.3 Å². The Bertz CT molecular complexity index is 206. The number of hydrogen-bond donors (Lipinski definition) is 0. The number of hydrogen-bond acceptors (Lipinski definition) is 2. The van der Waals surface area contributed by atoms with Crippen molar-refractivity contribution >= 4 is 32.7 Å². The minimum absolute atomic E-state index is 0.0853. The van der Waals surface area contributed by atoms with Crippen LogP contribution in [-0.4, -0.2) is 21.7 Å². The van der Waals surface area contributed by atoms with E-state index in [2.05, 4.69) is 13.1 Å². The average molecular weight is 253 g/mol. The fraction of sp³-hybridized carbons (Fsp3) is 0.889. The molecule has 0 spiro atoms. The molecule has 1 unspecified atom stereocenters. The molecule has 0 radical (unpaired) electrons. The van der Waals surface area contributed by atoms with E-state index in [4.69, 9.17) is 15.5 Å². The third kappa shape index (κ3) is 6.62. The van der Waals surface area contributed by atoms with Gasteiger partial charge in [0.1, 0.15) is 0 Å². The molecule has 0 rings (SSSR count). The summed E-state index contributed by atoms with van der Waals surface area (Å²) in [6, 6.07) is 0. The van der Waals surface area contributed by atoms with Gasteiger partial charge in [0.15, 0.2) is 7.38 Å². The molecule has 14 heavy (non-hydrogen) atoms. The smallest absolute Gasteiger partial charge is 0.292 e. The van der Waals surface area contributed by atoms with Crippen LogP contribution in [0, 0.1) is 0 Å². The van der Waals surface area contributed by atoms with Crippen LogP contribution in [0.2, 0.25) is 38.3 Å². The fourth-order valence-electron chi connectivity index (χ4n) is 0.876. The summed E-state index contributed by atoms with van der Waals surface area (Å²) >= 11 is 6.24. The lowest BCUT2D eigenvalue weighted by Gasteiger charge is -2.24. The first-order valence-electron chi connectivity index (χ1n) is 4.93. The van der Waals surface area contributed by atoms with Crippen molar-refractivity contribution in [3.05, 3.63) is 0 Å². The number of carbonyl (C=O) groups excluding carboxylic acids is 1. The van der Waals surface area contributed by atoms with E-state index in [9.17, 15) is 4.79 Å². The van der Waals surface area contributed by atoms with Gasteiger partial charge in [0.25, 0.3) is 5.97 Å². The van der Waals surface area contributed by atoms with Crippen molar-refractivity contribution in [2.24, 2.45) is 0 Å². The number of rotatable bonds is 4. The maximum atomic E-state index is 11.5. The fourth-order valence-corrected chi connectivity index (χ4v) is 2.53. The van der Waals surface area contributed by atoms with E-state index in [1.165, 1.54) is 0 Å². The normalized spacial score (nSPS) is 15.1. The molecule has 0 amide bonds. The summed E-state index contributed by atoms with van der Waals surface area (Å²) in [5.74, 6) is -0.0853. The molecule has 0 heterocycles. The van der Waals surface area contributed by atoms with E-state index < -0.39 is 15.7 Å². The largest absolute Gasteiger partial charge is 0.520 e. The molecular formula is C9H21ClO2Si2. The summed E-state index contributed by atoms with van der Waals surface area (Å²) in [4.78, 5) is 11.5. The van der Waals surface area contributed by atoms with Crippen molar-refractivity contribution in [1.29, 1.82) is 0 Å². The number of carbonyl (C=O) groups is 1. The Kier molecular flexibility index (Phi) is 4.88. The molecule has 0 aromatic heterocycles. The first-order valence-corrected chi connectivity index (χ1v) is 12.4. The molecule has 0 aromatic carbocycles. The van der Waals surface area contributed by atoms with Gasteiger partial charge in [-0.2, -0.15) is 11.1 Å². The second-order valence-electron chi connectivity index (χ2n) is 5.26. The van der Waals surface area contributed by atoms with Crippen molar-refractivity contribution in [3.8, 4) is 0 Å². The van der Waals surface area contributed by atoms with E-state index >= 15 is 0 Å². The van der Waals surface area contributed by atoms with Gasteiger partial charge in [0, 0.05) is 6.42 Å². The molecule has 0 N–H and O–H groups in total. The van der Waals surface area contributed by atoms with Gasteiger partial charge >= 0.3 is 0 Å². The zero-order valence-electron chi connectivity index (χ0n) is 9.98. The zero-order valence-corrected chi connectivity index (χ0v) is 12.7. The van der Waals surface area contributed by atoms with Crippen molar-refractivity contribution in [2.45, 2.75) is 51.6 Å². The topological polar surface area (TPSA) is 26.3 Å². The first kappa shape index (κ1) is 14.2. The predicted octanol–water partition coefficient (Wildman–Crippen LogP) is 3.59. The Balaban J connectivity index is 4.09. The minimum atomic E-state index is -1.72. The summed E-state index contributed by atoms with van der Waals surface area (Å²) < 4.78 is 5.37. The zero-order chi connectivity index (χ0) is 11.6. The van der Waals surface area contributed by atoms with Gasteiger partial charge in [0.05, 0.1) is 0 Å². The quantitative estimate of drug-likeness (QED) is 0.565. The Morgan fingerprint density at radius 2 is 1.71 bits per heavy atom. The van der Waals surface area contributed by atoms with Gasteiger partial charge < -0.3 is 4.43 Å². The second-order valence-corrected chi connectivity index (χ2v) is 16.7. The Morgan fingerprint density at radius 3 is 2.00 bits per heavy atom. The maximum absolute atomic E-state index is 11.5. The van der Waals surface area contributed by atoms with Gasteiger partial charge in [-0.25, -0.2) is 0 Å². The highest BCUT2D eigenvalue weighted by atomic mass is 35.6. The van der Waals surface area contributed by atoms with Crippen molar-refractivity contribution in [2.75, 3.05) is 0 Å². The lowest BCUT2D eigenvalue weighted by molar-refractivity contribution is -0.135. The molecule has 0 fully saturated rings.